The lowest BCUT2D eigenvalue weighted by Crippen LogP contribution is -2.55. The molecule has 0 unspecified atom stereocenters. The van der Waals surface area contributed by atoms with Crippen molar-refractivity contribution >= 4 is 0 Å². The zero-order valence-corrected chi connectivity index (χ0v) is 8.82. The fourth-order valence-corrected chi connectivity index (χ4v) is 2.27. The summed E-state index contributed by atoms with van der Waals surface area (Å²) in [7, 11) is 3.36. The van der Waals surface area contributed by atoms with Crippen LogP contribution in [-0.4, -0.2) is 39.0 Å². The van der Waals surface area contributed by atoms with Crippen LogP contribution in [0.15, 0.2) is 0 Å². The summed E-state index contributed by atoms with van der Waals surface area (Å²) in [5.74, 6) is -0.507. The Morgan fingerprint density at radius 2 is 2.14 bits per heavy atom. The Balaban J connectivity index is 2.05. The average molecular weight is 202 g/mol. The van der Waals surface area contributed by atoms with Crippen molar-refractivity contribution in [2.24, 2.45) is 0 Å². The Labute approximate surface area is 84.5 Å². The van der Waals surface area contributed by atoms with Crippen LogP contribution in [-0.2, 0) is 18.9 Å². The quantitative estimate of drug-likeness (QED) is 0.676. The van der Waals surface area contributed by atoms with Crippen LogP contribution in [0.1, 0.15) is 25.7 Å². The number of hydrogen-bond donors (Lipinski definition) is 0. The average Bonchev–Trinajstić information content (AvgIpc) is 2.28. The molecule has 2 aliphatic heterocycles. The molecule has 0 N–H and O–H groups in total. The summed E-state index contributed by atoms with van der Waals surface area (Å²) in [6, 6.07) is 0. The number of hydrogen-bond acceptors (Lipinski definition) is 4. The first-order valence-electron chi connectivity index (χ1n) is 5.18. The molecule has 0 aromatic heterocycles. The predicted molar refractivity (Wildman–Crippen MR) is 49.8 cm³/mol. The summed E-state index contributed by atoms with van der Waals surface area (Å²) < 4.78 is 22.1. The Bertz CT molecular complexity index is 197. The Morgan fingerprint density at radius 3 is 2.86 bits per heavy atom. The van der Waals surface area contributed by atoms with Gasteiger partial charge in [-0.2, -0.15) is 0 Å². The van der Waals surface area contributed by atoms with Crippen LogP contribution in [0, 0.1) is 0 Å². The van der Waals surface area contributed by atoms with Gasteiger partial charge in [0, 0.05) is 27.1 Å². The molecule has 0 spiro atoms. The molecule has 0 saturated carbocycles. The van der Waals surface area contributed by atoms with Crippen molar-refractivity contribution in [3.8, 4) is 0 Å². The van der Waals surface area contributed by atoms with Gasteiger partial charge in [-0.15, -0.1) is 0 Å². The lowest BCUT2D eigenvalue weighted by Gasteiger charge is -2.47. The van der Waals surface area contributed by atoms with E-state index < -0.39 is 5.79 Å². The molecule has 2 saturated heterocycles. The largest absolute Gasteiger partial charge is 0.356 e. The van der Waals surface area contributed by atoms with Gasteiger partial charge in [-0.1, -0.05) is 0 Å². The van der Waals surface area contributed by atoms with Crippen molar-refractivity contribution in [1.82, 2.24) is 0 Å². The van der Waals surface area contributed by atoms with Crippen LogP contribution < -0.4 is 0 Å². The Kier molecular flexibility index (Phi) is 3.07. The second-order valence-electron chi connectivity index (χ2n) is 3.84. The first kappa shape index (κ1) is 10.4. The predicted octanol–water partition coefficient (Wildman–Crippen LogP) is 1.29. The minimum Gasteiger partial charge on any atom is -0.356 e. The first-order chi connectivity index (χ1) is 6.80. The highest BCUT2D eigenvalue weighted by atomic mass is 16.7. The normalized spacial score (nSPS) is 43.3. The number of rotatable bonds is 2. The molecule has 4 nitrogen and oxygen atoms in total. The second-order valence-corrected chi connectivity index (χ2v) is 3.84. The van der Waals surface area contributed by atoms with E-state index in [9.17, 15) is 0 Å². The van der Waals surface area contributed by atoms with Crippen molar-refractivity contribution in [3.63, 3.8) is 0 Å². The summed E-state index contributed by atoms with van der Waals surface area (Å²) in [5.41, 5.74) is 0. The van der Waals surface area contributed by atoms with Crippen molar-refractivity contribution in [2.75, 3.05) is 20.8 Å². The lowest BCUT2D eigenvalue weighted by atomic mass is 9.94. The molecule has 0 aromatic carbocycles. The van der Waals surface area contributed by atoms with E-state index in [1.807, 2.05) is 0 Å². The number of methoxy groups -OCH3 is 2. The van der Waals surface area contributed by atoms with Gasteiger partial charge in [0.2, 0.25) is 0 Å². The monoisotopic (exact) mass is 202 g/mol. The maximum atomic E-state index is 5.76. The molecule has 0 aromatic rings. The summed E-state index contributed by atoms with van der Waals surface area (Å²) in [4.78, 5) is 0. The van der Waals surface area contributed by atoms with Gasteiger partial charge in [-0.05, 0) is 12.8 Å². The van der Waals surface area contributed by atoms with Crippen LogP contribution >= 0.6 is 0 Å². The van der Waals surface area contributed by atoms with Gasteiger partial charge in [-0.25, -0.2) is 0 Å². The second kappa shape index (κ2) is 4.14. The fourth-order valence-electron chi connectivity index (χ4n) is 2.27. The maximum absolute atomic E-state index is 5.76. The van der Waals surface area contributed by atoms with Crippen molar-refractivity contribution in [1.29, 1.82) is 0 Å². The molecule has 4 heteroatoms. The molecule has 3 atom stereocenters. The smallest absolute Gasteiger partial charge is 0.194 e. The Morgan fingerprint density at radius 1 is 1.29 bits per heavy atom. The van der Waals surface area contributed by atoms with E-state index >= 15 is 0 Å². The van der Waals surface area contributed by atoms with Gasteiger partial charge in [0.15, 0.2) is 12.1 Å². The Hall–Kier alpha value is -0.160. The summed E-state index contributed by atoms with van der Waals surface area (Å²) in [6.07, 6.45) is 3.65. The van der Waals surface area contributed by atoms with Gasteiger partial charge in [0.25, 0.3) is 0 Å². The molecule has 2 heterocycles. The van der Waals surface area contributed by atoms with E-state index in [1.54, 1.807) is 14.2 Å². The minimum atomic E-state index is -0.507. The van der Waals surface area contributed by atoms with Gasteiger partial charge in [-0.3, -0.25) is 0 Å². The third-order valence-corrected chi connectivity index (χ3v) is 3.10. The molecule has 0 amide bonds. The molecule has 0 aliphatic carbocycles. The third kappa shape index (κ3) is 1.67. The minimum absolute atomic E-state index is 0.0277. The highest BCUT2D eigenvalue weighted by molar-refractivity contribution is 4.88. The van der Waals surface area contributed by atoms with E-state index in [4.69, 9.17) is 18.9 Å². The summed E-state index contributed by atoms with van der Waals surface area (Å²) >= 11 is 0. The zero-order chi connectivity index (χ0) is 10.0. The topological polar surface area (TPSA) is 36.9 Å². The van der Waals surface area contributed by atoms with Gasteiger partial charge >= 0.3 is 0 Å². The summed E-state index contributed by atoms with van der Waals surface area (Å²) in [5, 5.41) is 0. The molecule has 0 radical (unpaired) electrons. The van der Waals surface area contributed by atoms with E-state index in [-0.39, 0.29) is 12.4 Å². The van der Waals surface area contributed by atoms with E-state index in [1.165, 1.54) is 0 Å². The van der Waals surface area contributed by atoms with Crippen molar-refractivity contribution in [3.05, 3.63) is 0 Å². The van der Waals surface area contributed by atoms with E-state index in [2.05, 4.69) is 0 Å². The highest BCUT2D eigenvalue weighted by Crippen LogP contribution is 2.38. The molecular formula is C10H18O4. The van der Waals surface area contributed by atoms with Crippen LogP contribution in [0.2, 0.25) is 0 Å². The van der Waals surface area contributed by atoms with Crippen molar-refractivity contribution < 1.29 is 18.9 Å². The van der Waals surface area contributed by atoms with Gasteiger partial charge in [0.1, 0.15) is 6.10 Å². The van der Waals surface area contributed by atoms with E-state index in [0.29, 0.717) is 0 Å². The number of fused-ring (bicyclic) bond motifs is 1. The standard InChI is InChI=1S/C10H18O4/c1-11-9-5-6-10(12-2)8(14-9)4-3-7-13-10/h8-9H,3-7H2,1-2H3/t8-,9+,10-/m0/s1. The van der Waals surface area contributed by atoms with Crippen LogP contribution in [0.3, 0.4) is 0 Å². The lowest BCUT2D eigenvalue weighted by molar-refractivity contribution is -0.353. The molecule has 2 rings (SSSR count). The maximum Gasteiger partial charge on any atom is 0.194 e. The van der Waals surface area contributed by atoms with Crippen molar-refractivity contribution in [2.45, 2.75) is 43.9 Å². The molecule has 14 heavy (non-hydrogen) atoms. The first-order valence-corrected chi connectivity index (χ1v) is 5.18. The summed E-state index contributed by atoms with van der Waals surface area (Å²) in [6.45, 7) is 0.769. The fraction of sp³-hybridized carbons (Fsp3) is 1.00. The molecule has 2 aliphatic rings. The van der Waals surface area contributed by atoms with Gasteiger partial charge in [0.05, 0.1) is 6.61 Å². The molecule has 2 fully saturated rings. The van der Waals surface area contributed by atoms with E-state index in [0.717, 1.165) is 32.3 Å². The van der Waals surface area contributed by atoms with Crippen LogP contribution in [0.25, 0.3) is 0 Å². The number of ether oxygens (including phenoxy) is 4. The third-order valence-electron chi connectivity index (χ3n) is 3.10. The van der Waals surface area contributed by atoms with Crippen LogP contribution in [0.5, 0.6) is 0 Å². The SMILES string of the molecule is CO[C@H]1CC[C@]2(OC)OCCC[C@@H]2O1. The zero-order valence-electron chi connectivity index (χ0n) is 8.82. The molecule has 0 bridgehead atoms. The highest BCUT2D eigenvalue weighted by Gasteiger charge is 2.47. The van der Waals surface area contributed by atoms with Gasteiger partial charge < -0.3 is 18.9 Å². The van der Waals surface area contributed by atoms with Crippen LogP contribution in [0.4, 0.5) is 0 Å². The molecule has 82 valence electrons. The molecular weight excluding hydrogens is 184 g/mol.